The lowest BCUT2D eigenvalue weighted by molar-refractivity contribution is -0.274. The van der Waals surface area contributed by atoms with E-state index in [4.69, 9.17) is 9.84 Å². The summed E-state index contributed by atoms with van der Waals surface area (Å²) < 4.78 is 46.9. The van der Waals surface area contributed by atoms with Gasteiger partial charge < -0.3 is 25.2 Å². The second-order valence-corrected chi connectivity index (χ2v) is 6.36. The summed E-state index contributed by atoms with van der Waals surface area (Å²) in [6, 6.07) is 5.10. The summed E-state index contributed by atoms with van der Waals surface area (Å²) in [6.45, 7) is 6.50. The number of carbonyl (C=O) groups excluding carboxylic acids is 1. The number of ether oxygens (including phenoxy) is 2. The van der Waals surface area contributed by atoms with Crippen molar-refractivity contribution in [1.29, 1.82) is 0 Å². The molecule has 0 saturated carbocycles. The van der Waals surface area contributed by atoms with Crippen molar-refractivity contribution in [3.8, 4) is 11.5 Å². The molecule has 1 aliphatic rings. The van der Waals surface area contributed by atoms with E-state index in [1.54, 1.807) is 0 Å². The number of halogens is 3. The highest BCUT2D eigenvalue weighted by atomic mass is 19.4. The van der Waals surface area contributed by atoms with Crippen molar-refractivity contribution in [2.24, 2.45) is 4.99 Å². The van der Waals surface area contributed by atoms with Gasteiger partial charge in [0.15, 0.2) is 6.23 Å². The zero-order valence-electron chi connectivity index (χ0n) is 16.5. The fraction of sp³-hybridized carbons (Fsp3) is 0.400. The predicted molar refractivity (Wildman–Crippen MR) is 105 cm³/mol. The van der Waals surface area contributed by atoms with Crippen LogP contribution >= 0.6 is 0 Å². The van der Waals surface area contributed by atoms with Crippen molar-refractivity contribution in [3.63, 3.8) is 0 Å². The molecule has 1 aromatic rings. The van der Waals surface area contributed by atoms with Crippen molar-refractivity contribution < 1.29 is 32.5 Å². The number of aliphatic hydroxyl groups excluding tert-OH is 1. The Balaban J connectivity index is 2.18. The molecule has 1 heterocycles. The summed E-state index contributed by atoms with van der Waals surface area (Å²) in [6.07, 6.45) is -2.98. The van der Waals surface area contributed by atoms with Crippen LogP contribution in [0.2, 0.25) is 0 Å². The summed E-state index contributed by atoms with van der Waals surface area (Å²) >= 11 is 0. The lowest BCUT2D eigenvalue weighted by Gasteiger charge is -2.28. The highest BCUT2D eigenvalue weighted by Gasteiger charge is 2.31. The Hall–Kier alpha value is -3.01. The van der Waals surface area contributed by atoms with Crippen LogP contribution in [0.25, 0.3) is 0 Å². The first-order valence-corrected chi connectivity index (χ1v) is 9.37. The van der Waals surface area contributed by atoms with E-state index in [2.05, 4.69) is 26.9 Å². The van der Waals surface area contributed by atoms with Gasteiger partial charge in [0.05, 0.1) is 5.57 Å². The van der Waals surface area contributed by atoms with Gasteiger partial charge in [0.2, 0.25) is 0 Å². The Morgan fingerprint density at radius 3 is 2.77 bits per heavy atom. The van der Waals surface area contributed by atoms with Crippen LogP contribution in [-0.4, -0.2) is 49.1 Å². The normalized spacial score (nSPS) is 17.9. The molecular formula is C20H24F3N3O4. The fourth-order valence-electron chi connectivity index (χ4n) is 2.51. The number of nitrogens with one attached hydrogen (secondary N) is 2. The lowest BCUT2D eigenvalue weighted by atomic mass is 10.0. The van der Waals surface area contributed by atoms with Crippen LogP contribution in [0.5, 0.6) is 11.5 Å². The van der Waals surface area contributed by atoms with Crippen molar-refractivity contribution in [2.45, 2.75) is 32.4 Å². The highest BCUT2D eigenvalue weighted by Crippen LogP contribution is 2.27. The zero-order chi connectivity index (χ0) is 22.1. The van der Waals surface area contributed by atoms with E-state index in [1.165, 1.54) is 18.2 Å². The number of carbonyl (C=O) groups is 1. The Morgan fingerprint density at radius 1 is 1.37 bits per heavy atom. The monoisotopic (exact) mass is 427 g/mol. The van der Waals surface area contributed by atoms with E-state index < -0.39 is 18.3 Å². The molecular weight excluding hydrogens is 403 g/mol. The second-order valence-electron chi connectivity index (χ2n) is 6.36. The highest BCUT2D eigenvalue weighted by molar-refractivity contribution is 6.21. The maximum absolute atomic E-state index is 12.4. The molecule has 0 aromatic heterocycles. The van der Waals surface area contributed by atoms with Crippen LogP contribution in [0.15, 0.2) is 53.1 Å². The van der Waals surface area contributed by atoms with Gasteiger partial charge in [0.25, 0.3) is 5.91 Å². The van der Waals surface area contributed by atoms with Gasteiger partial charge in [-0.3, -0.25) is 9.79 Å². The van der Waals surface area contributed by atoms with Gasteiger partial charge in [-0.2, -0.15) is 0 Å². The molecule has 1 unspecified atom stereocenters. The number of benzene rings is 1. The molecule has 3 N–H and O–H groups in total. The van der Waals surface area contributed by atoms with E-state index in [0.717, 1.165) is 18.6 Å². The van der Waals surface area contributed by atoms with Crippen LogP contribution in [0.3, 0.4) is 0 Å². The zero-order valence-corrected chi connectivity index (χ0v) is 16.5. The van der Waals surface area contributed by atoms with Crippen LogP contribution in [0.4, 0.5) is 13.2 Å². The summed E-state index contributed by atoms with van der Waals surface area (Å²) in [5, 5.41) is 14.5. The molecule has 0 saturated heterocycles. The first-order valence-electron chi connectivity index (χ1n) is 9.37. The molecule has 164 valence electrons. The molecule has 2 rings (SSSR count). The number of hydrogen-bond donors (Lipinski definition) is 3. The second kappa shape index (κ2) is 10.7. The van der Waals surface area contributed by atoms with Gasteiger partial charge in [0, 0.05) is 31.3 Å². The van der Waals surface area contributed by atoms with E-state index in [9.17, 15) is 18.0 Å². The third-order valence-corrected chi connectivity index (χ3v) is 3.84. The number of rotatable bonds is 9. The molecule has 0 fully saturated rings. The number of aliphatic imine (C=N–C) groups is 1. The van der Waals surface area contributed by atoms with Gasteiger partial charge in [-0.1, -0.05) is 19.6 Å². The average molecular weight is 427 g/mol. The van der Waals surface area contributed by atoms with Gasteiger partial charge in [-0.15, -0.1) is 13.2 Å². The van der Waals surface area contributed by atoms with Gasteiger partial charge >= 0.3 is 6.36 Å². The Kier molecular flexibility index (Phi) is 8.28. The fourth-order valence-corrected chi connectivity index (χ4v) is 2.51. The van der Waals surface area contributed by atoms with Gasteiger partial charge in [-0.05, 0) is 31.1 Å². The first kappa shape index (κ1) is 23.3. The van der Waals surface area contributed by atoms with E-state index >= 15 is 0 Å². The first-order chi connectivity index (χ1) is 14.2. The summed E-state index contributed by atoms with van der Waals surface area (Å²) in [7, 11) is 0. The third-order valence-electron chi connectivity index (χ3n) is 3.84. The van der Waals surface area contributed by atoms with Crippen molar-refractivity contribution >= 4 is 11.7 Å². The molecule has 1 atom stereocenters. The number of amidine groups is 1. The van der Waals surface area contributed by atoms with Crippen LogP contribution < -0.4 is 20.1 Å². The molecule has 1 aromatic carbocycles. The van der Waals surface area contributed by atoms with Crippen molar-refractivity contribution in [3.05, 3.63) is 48.1 Å². The van der Waals surface area contributed by atoms with E-state index in [-0.39, 0.29) is 23.8 Å². The summed E-state index contributed by atoms with van der Waals surface area (Å²) in [5.41, 5.74) is 0.653. The molecule has 0 radical (unpaired) electrons. The number of amides is 1. The topological polar surface area (TPSA) is 92.2 Å². The molecule has 0 bridgehead atoms. The smallest absolute Gasteiger partial charge is 0.466 e. The van der Waals surface area contributed by atoms with Gasteiger partial charge in [-0.25, -0.2) is 0 Å². The maximum Gasteiger partial charge on any atom is 0.573 e. The summed E-state index contributed by atoms with van der Waals surface area (Å²) in [5.74, 6) is -0.389. The Bertz CT molecular complexity index is 822. The largest absolute Gasteiger partial charge is 0.573 e. The average Bonchev–Trinajstić information content (AvgIpc) is 2.67. The molecule has 7 nitrogen and oxygen atoms in total. The number of hydrogen-bond acceptors (Lipinski definition) is 5. The van der Waals surface area contributed by atoms with E-state index in [1.807, 2.05) is 6.92 Å². The Labute approximate surface area is 172 Å². The minimum absolute atomic E-state index is 0.0475. The minimum Gasteiger partial charge on any atom is -0.466 e. The molecule has 0 aliphatic carbocycles. The minimum atomic E-state index is -4.81. The number of nitrogens with zero attached hydrogens (tertiary/aromatic N) is 1. The molecule has 0 spiro atoms. The third kappa shape index (κ3) is 7.11. The van der Waals surface area contributed by atoms with Gasteiger partial charge in [0.1, 0.15) is 17.3 Å². The van der Waals surface area contributed by atoms with Crippen LogP contribution in [0.1, 0.15) is 19.8 Å². The quantitative estimate of drug-likeness (QED) is 0.527. The van der Waals surface area contributed by atoms with E-state index in [0.29, 0.717) is 30.9 Å². The SMILES string of the molecule is C=C1C=C(C(=O)NCCCO)C(=NCCC)NC1Oc1cccc(OC(F)(F)F)c1. The maximum atomic E-state index is 12.4. The van der Waals surface area contributed by atoms with Crippen molar-refractivity contribution in [1.82, 2.24) is 10.6 Å². The standard InChI is InChI=1S/C20H24F3N3O4/c1-3-8-24-17-16(18(28)25-9-5-10-27)11-13(2)19(26-17)29-14-6-4-7-15(12-14)30-20(21,22)23/h4,6-7,11-12,19,27H,2-3,5,8-10H2,1H3,(H,24,26)(H,25,28). The number of alkyl halides is 3. The summed E-state index contributed by atoms with van der Waals surface area (Å²) in [4.78, 5) is 16.8. The number of aliphatic hydroxyl groups is 1. The van der Waals surface area contributed by atoms with Crippen LogP contribution in [-0.2, 0) is 4.79 Å². The van der Waals surface area contributed by atoms with Crippen molar-refractivity contribution in [2.75, 3.05) is 19.7 Å². The molecule has 30 heavy (non-hydrogen) atoms. The lowest BCUT2D eigenvalue weighted by Crippen LogP contribution is -2.47. The molecule has 1 amide bonds. The predicted octanol–water partition coefficient (Wildman–Crippen LogP) is 2.68. The molecule has 10 heteroatoms. The molecule has 1 aliphatic heterocycles. The van der Waals surface area contributed by atoms with Crippen LogP contribution in [0, 0.1) is 0 Å². The Morgan fingerprint density at radius 2 is 2.10 bits per heavy atom.